The lowest BCUT2D eigenvalue weighted by Crippen LogP contribution is -2.10. The van der Waals surface area contributed by atoms with Crippen LogP contribution >= 0.6 is 15.9 Å². The first-order valence-electron chi connectivity index (χ1n) is 4.10. The fourth-order valence-electron chi connectivity index (χ4n) is 1.14. The standard InChI is InChI=1S/C10H9BrO4/c1-15-10(14)7-3-2-6(5-11)4-8(7)9(12)13/h2-4H,5H2,1H3,(H,12,13). The van der Waals surface area contributed by atoms with Crippen molar-refractivity contribution in [3.05, 3.63) is 34.9 Å². The highest BCUT2D eigenvalue weighted by Crippen LogP contribution is 2.15. The molecule has 0 spiro atoms. The van der Waals surface area contributed by atoms with Gasteiger partial charge < -0.3 is 9.84 Å². The largest absolute Gasteiger partial charge is 0.478 e. The molecule has 0 atom stereocenters. The van der Waals surface area contributed by atoms with Crippen LogP contribution in [0.15, 0.2) is 18.2 Å². The predicted octanol–water partition coefficient (Wildman–Crippen LogP) is 2.07. The van der Waals surface area contributed by atoms with E-state index < -0.39 is 11.9 Å². The molecule has 4 nitrogen and oxygen atoms in total. The monoisotopic (exact) mass is 272 g/mol. The van der Waals surface area contributed by atoms with E-state index >= 15 is 0 Å². The summed E-state index contributed by atoms with van der Waals surface area (Å²) >= 11 is 3.21. The second-order valence-electron chi connectivity index (χ2n) is 2.81. The van der Waals surface area contributed by atoms with E-state index in [1.807, 2.05) is 0 Å². The third-order valence-corrected chi connectivity index (χ3v) is 2.52. The summed E-state index contributed by atoms with van der Waals surface area (Å²) in [5.74, 6) is -1.79. The minimum atomic E-state index is -1.14. The molecule has 0 bridgehead atoms. The summed E-state index contributed by atoms with van der Waals surface area (Å²) in [4.78, 5) is 22.1. The van der Waals surface area contributed by atoms with Crippen LogP contribution in [0.1, 0.15) is 26.3 Å². The summed E-state index contributed by atoms with van der Waals surface area (Å²) in [6.07, 6.45) is 0. The fourth-order valence-corrected chi connectivity index (χ4v) is 1.49. The van der Waals surface area contributed by atoms with Gasteiger partial charge in [-0.1, -0.05) is 22.0 Å². The van der Waals surface area contributed by atoms with Crippen molar-refractivity contribution >= 4 is 27.9 Å². The number of halogens is 1. The predicted molar refractivity (Wildman–Crippen MR) is 57.4 cm³/mol. The molecule has 5 heteroatoms. The number of rotatable bonds is 3. The number of methoxy groups -OCH3 is 1. The van der Waals surface area contributed by atoms with Crippen LogP contribution in [0, 0.1) is 0 Å². The van der Waals surface area contributed by atoms with Gasteiger partial charge in [-0.05, 0) is 17.7 Å². The van der Waals surface area contributed by atoms with E-state index in [4.69, 9.17) is 5.11 Å². The highest BCUT2D eigenvalue weighted by molar-refractivity contribution is 9.08. The number of hydrogen-bond acceptors (Lipinski definition) is 3. The Kier molecular flexibility index (Phi) is 3.85. The first kappa shape index (κ1) is 11.7. The molecule has 0 aromatic heterocycles. The Bertz CT molecular complexity index is 400. The highest BCUT2D eigenvalue weighted by atomic mass is 79.9. The van der Waals surface area contributed by atoms with Crippen molar-refractivity contribution < 1.29 is 19.4 Å². The Morgan fingerprint density at radius 2 is 2.07 bits per heavy atom. The number of ether oxygens (including phenoxy) is 1. The molecule has 0 radical (unpaired) electrons. The van der Waals surface area contributed by atoms with Gasteiger partial charge in [-0.15, -0.1) is 0 Å². The average molecular weight is 273 g/mol. The van der Waals surface area contributed by atoms with Crippen molar-refractivity contribution in [1.82, 2.24) is 0 Å². The lowest BCUT2D eigenvalue weighted by molar-refractivity contribution is 0.0582. The summed E-state index contributed by atoms with van der Waals surface area (Å²) in [5, 5.41) is 9.44. The van der Waals surface area contributed by atoms with Crippen LogP contribution in [0.3, 0.4) is 0 Å². The van der Waals surface area contributed by atoms with Gasteiger partial charge in [0.25, 0.3) is 0 Å². The topological polar surface area (TPSA) is 63.6 Å². The van der Waals surface area contributed by atoms with Gasteiger partial charge in [0, 0.05) is 5.33 Å². The maximum atomic E-state index is 11.2. The third kappa shape index (κ3) is 2.56. The molecule has 80 valence electrons. The number of carboxylic acid groups (broad SMARTS) is 1. The number of carboxylic acids is 1. The average Bonchev–Trinajstić information content (AvgIpc) is 2.27. The second-order valence-corrected chi connectivity index (χ2v) is 3.37. The molecule has 0 unspecified atom stereocenters. The second kappa shape index (κ2) is 4.93. The van der Waals surface area contributed by atoms with Gasteiger partial charge in [-0.3, -0.25) is 0 Å². The maximum Gasteiger partial charge on any atom is 0.338 e. The van der Waals surface area contributed by atoms with E-state index in [1.54, 1.807) is 6.07 Å². The maximum absolute atomic E-state index is 11.2. The van der Waals surface area contributed by atoms with Gasteiger partial charge in [-0.25, -0.2) is 9.59 Å². The molecule has 0 saturated heterocycles. The van der Waals surface area contributed by atoms with Crippen molar-refractivity contribution in [3.63, 3.8) is 0 Å². The van der Waals surface area contributed by atoms with E-state index in [1.165, 1.54) is 19.2 Å². The van der Waals surface area contributed by atoms with E-state index in [2.05, 4.69) is 20.7 Å². The Balaban J connectivity index is 3.27. The zero-order valence-electron chi connectivity index (χ0n) is 7.99. The first-order valence-corrected chi connectivity index (χ1v) is 5.22. The zero-order chi connectivity index (χ0) is 11.4. The summed E-state index contributed by atoms with van der Waals surface area (Å²) in [7, 11) is 1.21. The van der Waals surface area contributed by atoms with E-state index in [0.29, 0.717) is 5.33 Å². The summed E-state index contributed by atoms with van der Waals surface area (Å²) in [6, 6.07) is 4.57. The molecule has 0 amide bonds. The van der Waals surface area contributed by atoms with Crippen molar-refractivity contribution in [2.75, 3.05) is 7.11 Å². The molecule has 0 aliphatic rings. The molecule has 1 N–H and O–H groups in total. The number of carbonyl (C=O) groups is 2. The minimum absolute atomic E-state index is 0.0428. The van der Waals surface area contributed by atoms with Crippen molar-refractivity contribution in [2.24, 2.45) is 0 Å². The first-order chi connectivity index (χ1) is 7.10. The van der Waals surface area contributed by atoms with Crippen molar-refractivity contribution in [2.45, 2.75) is 5.33 Å². The van der Waals surface area contributed by atoms with Crippen LogP contribution in [0.2, 0.25) is 0 Å². The fraction of sp³-hybridized carbons (Fsp3) is 0.200. The van der Waals surface area contributed by atoms with E-state index in [0.717, 1.165) is 5.56 Å². The summed E-state index contributed by atoms with van der Waals surface area (Å²) in [5.41, 5.74) is 0.813. The van der Waals surface area contributed by atoms with Gasteiger partial charge in [0.2, 0.25) is 0 Å². The molecule has 1 aromatic rings. The molecule has 0 saturated carbocycles. The van der Waals surface area contributed by atoms with Gasteiger partial charge in [0.05, 0.1) is 18.2 Å². The number of alkyl halides is 1. The van der Waals surface area contributed by atoms with Gasteiger partial charge in [0.1, 0.15) is 0 Å². The van der Waals surface area contributed by atoms with Gasteiger partial charge in [-0.2, -0.15) is 0 Å². The van der Waals surface area contributed by atoms with Gasteiger partial charge in [0.15, 0.2) is 0 Å². The number of aromatic carboxylic acids is 1. The molecular weight excluding hydrogens is 264 g/mol. The van der Waals surface area contributed by atoms with Crippen LogP contribution in [-0.4, -0.2) is 24.2 Å². The number of hydrogen-bond donors (Lipinski definition) is 1. The zero-order valence-corrected chi connectivity index (χ0v) is 9.58. The lowest BCUT2D eigenvalue weighted by atomic mass is 10.0. The van der Waals surface area contributed by atoms with Crippen molar-refractivity contribution in [3.8, 4) is 0 Å². The van der Waals surface area contributed by atoms with E-state index in [-0.39, 0.29) is 11.1 Å². The summed E-state index contributed by atoms with van der Waals surface area (Å²) < 4.78 is 4.49. The normalized spacial score (nSPS) is 9.73. The number of esters is 1. The molecule has 1 aromatic carbocycles. The molecule has 0 aliphatic heterocycles. The molecule has 15 heavy (non-hydrogen) atoms. The highest BCUT2D eigenvalue weighted by Gasteiger charge is 2.17. The quantitative estimate of drug-likeness (QED) is 0.676. The Hall–Kier alpha value is -1.36. The summed E-state index contributed by atoms with van der Waals surface area (Å²) in [6.45, 7) is 0. The lowest BCUT2D eigenvalue weighted by Gasteiger charge is -2.05. The SMILES string of the molecule is COC(=O)c1ccc(CBr)cc1C(=O)O. The molecule has 0 heterocycles. The van der Waals surface area contributed by atoms with Crippen LogP contribution in [-0.2, 0) is 10.1 Å². The van der Waals surface area contributed by atoms with E-state index in [9.17, 15) is 9.59 Å². The molecule has 0 fully saturated rings. The Labute approximate surface area is 95.0 Å². The van der Waals surface area contributed by atoms with Crippen LogP contribution < -0.4 is 0 Å². The smallest absolute Gasteiger partial charge is 0.338 e. The number of carbonyl (C=O) groups excluding carboxylic acids is 1. The third-order valence-electron chi connectivity index (χ3n) is 1.87. The van der Waals surface area contributed by atoms with Crippen molar-refractivity contribution in [1.29, 1.82) is 0 Å². The van der Waals surface area contributed by atoms with Crippen LogP contribution in [0.25, 0.3) is 0 Å². The molecule has 1 rings (SSSR count). The molecular formula is C10H9BrO4. The Morgan fingerprint density at radius 1 is 1.40 bits per heavy atom. The molecule has 0 aliphatic carbocycles. The minimum Gasteiger partial charge on any atom is -0.478 e. The number of benzene rings is 1. The van der Waals surface area contributed by atoms with Gasteiger partial charge >= 0.3 is 11.9 Å². The Morgan fingerprint density at radius 3 is 2.53 bits per heavy atom. The van der Waals surface area contributed by atoms with Crippen LogP contribution in [0.4, 0.5) is 0 Å². The van der Waals surface area contributed by atoms with Crippen LogP contribution in [0.5, 0.6) is 0 Å².